The van der Waals surface area contributed by atoms with Crippen LogP contribution in [0.5, 0.6) is 0 Å². The number of rotatable bonds is 3. The second kappa shape index (κ2) is 5.90. The number of amides is 2. The van der Waals surface area contributed by atoms with Crippen molar-refractivity contribution < 1.29 is 9.59 Å². The SMILES string of the molecule is CNC(=O)C1CCCN1C(=O)CC1(N)CCCCC1. The number of hydrogen-bond acceptors (Lipinski definition) is 3. The van der Waals surface area contributed by atoms with Crippen molar-refractivity contribution in [3.05, 3.63) is 0 Å². The van der Waals surface area contributed by atoms with Gasteiger partial charge in [0.25, 0.3) is 0 Å². The molecule has 1 unspecified atom stereocenters. The van der Waals surface area contributed by atoms with E-state index in [1.165, 1.54) is 6.42 Å². The van der Waals surface area contributed by atoms with E-state index in [4.69, 9.17) is 5.73 Å². The highest BCUT2D eigenvalue weighted by atomic mass is 16.2. The van der Waals surface area contributed by atoms with Gasteiger partial charge in [-0.05, 0) is 25.7 Å². The molecule has 2 rings (SSSR count). The maximum Gasteiger partial charge on any atom is 0.242 e. The maximum absolute atomic E-state index is 12.4. The number of nitrogens with one attached hydrogen (secondary N) is 1. The Hall–Kier alpha value is -1.10. The van der Waals surface area contributed by atoms with Gasteiger partial charge in [-0.3, -0.25) is 9.59 Å². The molecule has 1 aliphatic heterocycles. The molecule has 1 saturated carbocycles. The van der Waals surface area contributed by atoms with E-state index in [0.29, 0.717) is 13.0 Å². The average Bonchev–Trinajstić information content (AvgIpc) is 2.87. The van der Waals surface area contributed by atoms with Gasteiger partial charge in [0.15, 0.2) is 0 Å². The van der Waals surface area contributed by atoms with Crippen molar-refractivity contribution in [2.24, 2.45) is 5.73 Å². The minimum atomic E-state index is -0.342. The van der Waals surface area contributed by atoms with Crippen molar-refractivity contribution in [1.82, 2.24) is 10.2 Å². The minimum absolute atomic E-state index is 0.0514. The molecule has 1 aliphatic carbocycles. The smallest absolute Gasteiger partial charge is 0.242 e. The first kappa shape index (κ1) is 14.3. The third-order valence-electron chi connectivity index (χ3n) is 4.47. The van der Waals surface area contributed by atoms with Crippen LogP contribution in [0.3, 0.4) is 0 Å². The predicted molar refractivity (Wildman–Crippen MR) is 73.4 cm³/mol. The van der Waals surface area contributed by atoms with Crippen LogP contribution < -0.4 is 11.1 Å². The molecule has 2 fully saturated rings. The Kier molecular flexibility index (Phi) is 4.45. The van der Waals surface area contributed by atoms with E-state index >= 15 is 0 Å². The lowest BCUT2D eigenvalue weighted by atomic mass is 9.80. The van der Waals surface area contributed by atoms with E-state index < -0.39 is 0 Å². The summed E-state index contributed by atoms with van der Waals surface area (Å²) in [7, 11) is 1.62. The Morgan fingerprint density at radius 1 is 1.26 bits per heavy atom. The number of hydrogen-bond donors (Lipinski definition) is 2. The monoisotopic (exact) mass is 267 g/mol. The molecule has 0 aromatic rings. The summed E-state index contributed by atoms with van der Waals surface area (Å²) in [6.45, 7) is 0.688. The lowest BCUT2D eigenvalue weighted by molar-refractivity contribution is -0.139. The summed E-state index contributed by atoms with van der Waals surface area (Å²) in [6.07, 6.45) is 7.36. The van der Waals surface area contributed by atoms with Gasteiger partial charge in [0.05, 0.1) is 0 Å². The summed E-state index contributed by atoms with van der Waals surface area (Å²) in [5.74, 6) is -0.00364. The first-order valence-electron chi connectivity index (χ1n) is 7.36. The summed E-state index contributed by atoms with van der Waals surface area (Å²) in [4.78, 5) is 25.9. The van der Waals surface area contributed by atoms with E-state index in [-0.39, 0.29) is 23.4 Å². The predicted octanol–water partition coefficient (Wildman–Crippen LogP) is 0.775. The van der Waals surface area contributed by atoms with Crippen molar-refractivity contribution in [2.75, 3.05) is 13.6 Å². The van der Waals surface area contributed by atoms with Crippen LogP contribution in [0.2, 0.25) is 0 Å². The summed E-state index contributed by atoms with van der Waals surface area (Å²) in [5.41, 5.74) is 5.99. The van der Waals surface area contributed by atoms with E-state index in [1.807, 2.05) is 0 Å². The van der Waals surface area contributed by atoms with E-state index in [9.17, 15) is 9.59 Å². The highest BCUT2D eigenvalue weighted by molar-refractivity contribution is 5.88. The molecule has 5 heteroatoms. The zero-order valence-corrected chi connectivity index (χ0v) is 11.8. The van der Waals surface area contributed by atoms with Gasteiger partial charge in [-0.15, -0.1) is 0 Å². The van der Waals surface area contributed by atoms with Crippen LogP contribution in [0.25, 0.3) is 0 Å². The molecule has 0 radical (unpaired) electrons. The highest BCUT2D eigenvalue weighted by Crippen LogP contribution is 2.30. The highest BCUT2D eigenvalue weighted by Gasteiger charge is 2.37. The second-order valence-electron chi connectivity index (χ2n) is 5.96. The maximum atomic E-state index is 12.4. The topological polar surface area (TPSA) is 75.4 Å². The molecular weight excluding hydrogens is 242 g/mol. The standard InChI is InChI=1S/C14H25N3O2/c1-16-13(19)11-6-5-9-17(11)12(18)10-14(15)7-3-2-4-8-14/h11H,2-10,15H2,1H3,(H,16,19). The Bertz CT molecular complexity index is 351. The summed E-state index contributed by atoms with van der Waals surface area (Å²) in [5, 5.41) is 2.64. The number of likely N-dealkylation sites (N-methyl/N-ethyl adjacent to an activating group) is 1. The van der Waals surface area contributed by atoms with Gasteiger partial charge in [-0.1, -0.05) is 19.3 Å². The van der Waals surface area contributed by atoms with Crippen LogP contribution in [0.1, 0.15) is 51.4 Å². The molecule has 0 aromatic heterocycles. The van der Waals surface area contributed by atoms with Gasteiger partial charge in [0.1, 0.15) is 6.04 Å². The van der Waals surface area contributed by atoms with Gasteiger partial charge in [0, 0.05) is 25.6 Å². The summed E-state index contributed by atoms with van der Waals surface area (Å²) in [6, 6.07) is -0.287. The molecule has 1 heterocycles. The Morgan fingerprint density at radius 3 is 2.58 bits per heavy atom. The molecule has 0 spiro atoms. The Balaban J connectivity index is 1.96. The van der Waals surface area contributed by atoms with Gasteiger partial charge in [-0.25, -0.2) is 0 Å². The molecule has 1 saturated heterocycles. The van der Waals surface area contributed by atoms with Gasteiger partial charge in [-0.2, -0.15) is 0 Å². The number of carbonyl (C=O) groups excluding carboxylic acids is 2. The molecule has 5 nitrogen and oxygen atoms in total. The summed E-state index contributed by atoms with van der Waals surface area (Å²) < 4.78 is 0. The molecule has 108 valence electrons. The lowest BCUT2D eigenvalue weighted by Gasteiger charge is -2.35. The molecule has 0 bridgehead atoms. The third-order valence-corrected chi connectivity index (χ3v) is 4.47. The minimum Gasteiger partial charge on any atom is -0.357 e. The number of nitrogens with two attached hydrogens (primary N) is 1. The molecule has 19 heavy (non-hydrogen) atoms. The molecule has 3 N–H and O–H groups in total. The first-order chi connectivity index (χ1) is 9.06. The van der Waals surface area contributed by atoms with Crippen LogP contribution in [-0.4, -0.2) is 41.9 Å². The normalized spacial score (nSPS) is 26.2. The fraction of sp³-hybridized carbons (Fsp3) is 0.857. The lowest BCUT2D eigenvalue weighted by Crippen LogP contribution is -2.50. The summed E-state index contributed by atoms with van der Waals surface area (Å²) >= 11 is 0. The number of likely N-dealkylation sites (tertiary alicyclic amines) is 1. The van der Waals surface area contributed by atoms with Crippen LogP contribution in [-0.2, 0) is 9.59 Å². The second-order valence-corrected chi connectivity index (χ2v) is 5.96. The molecular formula is C14H25N3O2. The Labute approximate surface area is 114 Å². The van der Waals surface area contributed by atoms with E-state index in [0.717, 1.165) is 38.5 Å². The molecule has 2 aliphatic rings. The van der Waals surface area contributed by atoms with Gasteiger partial charge in [0.2, 0.25) is 11.8 Å². The van der Waals surface area contributed by atoms with Crippen molar-refractivity contribution in [2.45, 2.75) is 62.9 Å². The van der Waals surface area contributed by atoms with Crippen LogP contribution in [0.15, 0.2) is 0 Å². The quantitative estimate of drug-likeness (QED) is 0.793. The molecule has 1 atom stereocenters. The Morgan fingerprint density at radius 2 is 1.95 bits per heavy atom. The van der Waals surface area contributed by atoms with Crippen molar-refractivity contribution in [3.63, 3.8) is 0 Å². The van der Waals surface area contributed by atoms with Crippen molar-refractivity contribution >= 4 is 11.8 Å². The fourth-order valence-electron chi connectivity index (χ4n) is 3.34. The largest absolute Gasteiger partial charge is 0.357 e. The number of carbonyl (C=O) groups is 2. The first-order valence-corrected chi connectivity index (χ1v) is 7.36. The average molecular weight is 267 g/mol. The third kappa shape index (κ3) is 3.26. The van der Waals surface area contributed by atoms with E-state index in [1.54, 1.807) is 11.9 Å². The van der Waals surface area contributed by atoms with Crippen LogP contribution in [0, 0.1) is 0 Å². The zero-order valence-electron chi connectivity index (χ0n) is 11.8. The van der Waals surface area contributed by atoms with Crippen LogP contribution >= 0.6 is 0 Å². The molecule has 0 aromatic carbocycles. The van der Waals surface area contributed by atoms with Gasteiger partial charge < -0.3 is 16.0 Å². The fourth-order valence-corrected chi connectivity index (χ4v) is 3.34. The van der Waals surface area contributed by atoms with Crippen LogP contribution in [0.4, 0.5) is 0 Å². The number of nitrogens with zero attached hydrogens (tertiary/aromatic N) is 1. The van der Waals surface area contributed by atoms with E-state index in [2.05, 4.69) is 5.32 Å². The van der Waals surface area contributed by atoms with Crippen molar-refractivity contribution in [3.8, 4) is 0 Å². The molecule has 2 amide bonds. The van der Waals surface area contributed by atoms with Gasteiger partial charge >= 0.3 is 0 Å². The zero-order chi connectivity index (χ0) is 13.9. The van der Waals surface area contributed by atoms with Crippen molar-refractivity contribution in [1.29, 1.82) is 0 Å².